The molecule has 0 spiro atoms. The van der Waals surface area contributed by atoms with Crippen molar-refractivity contribution in [3.8, 4) is 0 Å². The van der Waals surface area contributed by atoms with Gasteiger partial charge in [-0.3, -0.25) is 9.52 Å². The van der Waals surface area contributed by atoms with Crippen LogP contribution in [0.4, 0.5) is 14.5 Å². The first-order chi connectivity index (χ1) is 9.81. The van der Waals surface area contributed by atoms with E-state index in [9.17, 15) is 22.0 Å². The van der Waals surface area contributed by atoms with Gasteiger partial charge in [0.2, 0.25) is 0 Å². The summed E-state index contributed by atoms with van der Waals surface area (Å²) in [6.45, 7) is 0. The van der Waals surface area contributed by atoms with Crippen LogP contribution in [0.15, 0.2) is 47.4 Å². The van der Waals surface area contributed by atoms with Gasteiger partial charge in [0.25, 0.3) is 15.9 Å². The van der Waals surface area contributed by atoms with Crippen molar-refractivity contribution in [3.63, 3.8) is 0 Å². The van der Waals surface area contributed by atoms with Gasteiger partial charge in [-0.05, 0) is 18.2 Å². The van der Waals surface area contributed by atoms with Gasteiger partial charge in [0.15, 0.2) is 0 Å². The van der Waals surface area contributed by atoms with Crippen molar-refractivity contribution in [1.29, 1.82) is 0 Å². The number of sulfonamides is 1. The Hall–Kier alpha value is -2.48. The molecule has 0 bridgehead atoms. The molecule has 110 valence electrons. The Balaban J connectivity index is 2.41. The highest BCUT2D eigenvalue weighted by atomic mass is 32.2. The number of nitrogens with one attached hydrogen (secondary N) is 1. The van der Waals surface area contributed by atoms with Gasteiger partial charge in [-0.15, -0.1) is 0 Å². The Labute approximate surface area is 119 Å². The van der Waals surface area contributed by atoms with Crippen LogP contribution in [0, 0.1) is 11.6 Å². The van der Waals surface area contributed by atoms with Gasteiger partial charge in [0.1, 0.15) is 11.6 Å². The van der Waals surface area contributed by atoms with Gasteiger partial charge in [-0.25, -0.2) is 17.2 Å². The van der Waals surface area contributed by atoms with Crippen molar-refractivity contribution in [2.75, 3.05) is 4.72 Å². The SMILES string of the molecule is NC(=O)c1cc(F)c(NS(=O)(=O)c2ccccc2)cc1F. The molecule has 8 heteroatoms. The van der Waals surface area contributed by atoms with Crippen molar-refractivity contribution in [3.05, 3.63) is 59.7 Å². The molecule has 0 heterocycles. The lowest BCUT2D eigenvalue weighted by Crippen LogP contribution is -2.17. The first-order valence-corrected chi connectivity index (χ1v) is 7.16. The molecule has 0 aromatic heterocycles. The summed E-state index contributed by atoms with van der Waals surface area (Å²) in [6, 6.07) is 8.30. The molecule has 2 rings (SSSR count). The number of rotatable bonds is 4. The quantitative estimate of drug-likeness (QED) is 0.903. The lowest BCUT2D eigenvalue weighted by molar-refractivity contribution is 0.0996. The number of nitrogens with two attached hydrogens (primary N) is 1. The van der Waals surface area contributed by atoms with E-state index in [2.05, 4.69) is 0 Å². The van der Waals surface area contributed by atoms with E-state index in [0.717, 1.165) is 0 Å². The van der Waals surface area contributed by atoms with Gasteiger partial charge in [0.05, 0.1) is 16.1 Å². The maximum absolute atomic E-state index is 13.7. The van der Waals surface area contributed by atoms with Gasteiger partial charge >= 0.3 is 0 Å². The van der Waals surface area contributed by atoms with Crippen molar-refractivity contribution >= 4 is 21.6 Å². The zero-order chi connectivity index (χ0) is 15.6. The molecule has 0 aliphatic rings. The van der Waals surface area contributed by atoms with E-state index < -0.39 is 38.8 Å². The van der Waals surface area contributed by atoms with E-state index in [0.29, 0.717) is 12.1 Å². The Morgan fingerprint density at radius 3 is 2.24 bits per heavy atom. The lowest BCUT2D eigenvalue weighted by Gasteiger charge is -2.10. The minimum atomic E-state index is -4.06. The smallest absolute Gasteiger partial charge is 0.261 e. The largest absolute Gasteiger partial charge is 0.366 e. The molecule has 5 nitrogen and oxygen atoms in total. The highest BCUT2D eigenvalue weighted by Gasteiger charge is 2.19. The minimum absolute atomic E-state index is 0.108. The molecule has 0 radical (unpaired) electrons. The standard InChI is InChI=1S/C13H10F2N2O3S/c14-10-7-12(11(15)6-9(10)13(16)18)17-21(19,20)8-4-2-1-3-5-8/h1-7,17H,(H2,16,18). The second-order valence-electron chi connectivity index (χ2n) is 4.09. The Bertz CT molecular complexity index is 793. The number of amides is 1. The van der Waals surface area contributed by atoms with Crippen molar-refractivity contribution in [1.82, 2.24) is 0 Å². The van der Waals surface area contributed by atoms with Gasteiger partial charge < -0.3 is 5.73 Å². The van der Waals surface area contributed by atoms with E-state index in [1.54, 1.807) is 6.07 Å². The summed E-state index contributed by atoms with van der Waals surface area (Å²) in [5.74, 6) is -3.37. The predicted octanol–water partition coefficient (Wildman–Crippen LogP) is 1.86. The molecule has 3 N–H and O–H groups in total. The molecule has 0 unspecified atom stereocenters. The number of anilines is 1. The van der Waals surface area contributed by atoms with E-state index >= 15 is 0 Å². The number of benzene rings is 2. The molecule has 0 saturated heterocycles. The summed E-state index contributed by atoms with van der Waals surface area (Å²) < 4.78 is 53.2. The molecule has 0 aliphatic carbocycles. The summed E-state index contributed by atoms with van der Waals surface area (Å²) in [7, 11) is -4.06. The summed E-state index contributed by atoms with van der Waals surface area (Å²) in [5, 5.41) is 0. The van der Waals surface area contributed by atoms with Crippen LogP contribution in [-0.4, -0.2) is 14.3 Å². The molecule has 0 fully saturated rings. The summed E-state index contributed by atoms with van der Waals surface area (Å²) in [5.41, 5.74) is 3.60. The number of hydrogen-bond acceptors (Lipinski definition) is 3. The Morgan fingerprint density at radius 1 is 1.05 bits per heavy atom. The summed E-state index contributed by atoms with van der Waals surface area (Å²) >= 11 is 0. The summed E-state index contributed by atoms with van der Waals surface area (Å²) in [6.07, 6.45) is 0. The van der Waals surface area contributed by atoms with Crippen LogP contribution in [0.25, 0.3) is 0 Å². The predicted molar refractivity (Wildman–Crippen MR) is 72.1 cm³/mol. The monoisotopic (exact) mass is 312 g/mol. The van der Waals surface area contributed by atoms with Gasteiger partial charge in [-0.2, -0.15) is 0 Å². The molecule has 0 aliphatic heterocycles. The lowest BCUT2D eigenvalue weighted by atomic mass is 10.2. The number of carbonyl (C=O) groups is 1. The third kappa shape index (κ3) is 3.16. The average molecular weight is 312 g/mol. The van der Waals surface area contributed by atoms with E-state index in [4.69, 9.17) is 5.73 Å². The normalized spacial score (nSPS) is 11.1. The topological polar surface area (TPSA) is 89.3 Å². The maximum atomic E-state index is 13.7. The van der Waals surface area contributed by atoms with Crippen molar-refractivity contribution in [2.45, 2.75) is 4.90 Å². The van der Waals surface area contributed by atoms with Gasteiger partial charge in [0, 0.05) is 6.07 Å². The molecular weight excluding hydrogens is 302 g/mol. The fourth-order valence-electron chi connectivity index (χ4n) is 1.62. The maximum Gasteiger partial charge on any atom is 0.261 e. The number of carbonyl (C=O) groups excluding carboxylic acids is 1. The highest BCUT2D eigenvalue weighted by Crippen LogP contribution is 2.22. The van der Waals surface area contributed by atoms with Gasteiger partial charge in [-0.1, -0.05) is 18.2 Å². The second kappa shape index (κ2) is 5.49. The third-order valence-corrected chi connectivity index (χ3v) is 4.00. The van der Waals surface area contributed by atoms with Crippen LogP contribution < -0.4 is 10.5 Å². The van der Waals surface area contributed by atoms with Crippen LogP contribution in [0.2, 0.25) is 0 Å². The second-order valence-corrected chi connectivity index (χ2v) is 5.78. The van der Waals surface area contributed by atoms with Crippen LogP contribution in [-0.2, 0) is 10.0 Å². The van der Waals surface area contributed by atoms with E-state index in [-0.39, 0.29) is 4.90 Å². The Kier molecular flexibility index (Phi) is 3.90. The molecule has 1 amide bonds. The zero-order valence-corrected chi connectivity index (χ0v) is 11.3. The fourth-order valence-corrected chi connectivity index (χ4v) is 2.70. The van der Waals surface area contributed by atoms with E-state index in [1.807, 2.05) is 4.72 Å². The molecular formula is C13H10F2N2O3S. The zero-order valence-electron chi connectivity index (χ0n) is 10.5. The van der Waals surface area contributed by atoms with Crippen LogP contribution in [0.1, 0.15) is 10.4 Å². The van der Waals surface area contributed by atoms with Crippen LogP contribution in [0.5, 0.6) is 0 Å². The van der Waals surface area contributed by atoms with Crippen LogP contribution in [0.3, 0.4) is 0 Å². The third-order valence-electron chi connectivity index (χ3n) is 2.62. The molecule has 2 aromatic carbocycles. The van der Waals surface area contributed by atoms with E-state index in [1.165, 1.54) is 24.3 Å². The molecule has 0 saturated carbocycles. The Morgan fingerprint density at radius 2 is 1.67 bits per heavy atom. The first kappa shape index (κ1) is 14.9. The molecule has 2 aromatic rings. The number of hydrogen-bond donors (Lipinski definition) is 2. The minimum Gasteiger partial charge on any atom is -0.366 e. The highest BCUT2D eigenvalue weighted by molar-refractivity contribution is 7.92. The summed E-state index contributed by atoms with van der Waals surface area (Å²) in [4.78, 5) is 10.8. The fraction of sp³-hybridized carbons (Fsp3) is 0. The number of primary amides is 1. The first-order valence-electron chi connectivity index (χ1n) is 5.68. The molecule has 21 heavy (non-hydrogen) atoms. The number of halogens is 2. The molecule has 0 atom stereocenters. The van der Waals surface area contributed by atoms with Crippen molar-refractivity contribution < 1.29 is 22.0 Å². The van der Waals surface area contributed by atoms with Crippen molar-refractivity contribution in [2.24, 2.45) is 5.73 Å². The van der Waals surface area contributed by atoms with Crippen LogP contribution >= 0.6 is 0 Å². The average Bonchev–Trinajstić information content (AvgIpc) is 2.43.